The fourth-order valence-electron chi connectivity index (χ4n) is 1.19. The molecule has 0 aliphatic carbocycles. The van der Waals surface area contributed by atoms with Crippen LogP contribution in [0, 0.1) is 6.92 Å². The maximum atomic E-state index is 10.7. The van der Waals surface area contributed by atoms with Gasteiger partial charge in [0, 0.05) is 15.5 Å². The number of nitrogens with zero attached hydrogens (tertiary/aromatic N) is 2. The lowest BCUT2D eigenvalue weighted by Crippen LogP contribution is -1.95. The van der Waals surface area contributed by atoms with Gasteiger partial charge in [0.05, 0.1) is 4.88 Å². The number of carbonyl (C=O) groups excluding carboxylic acids is 1. The number of carbonyl (C=O) groups is 1. The van der Waals surface area contributed by atoms with Gasteiger partial charge in [-0.3, -0.25) is 4.79 Å². The summed E-state index contributed by atoms with van der Waals surface area (Å²) in [6.07, 6.45) is 0.737. The molecule has 5 heteroatoms. The highest BCUT2D eigenvalue weighted by Gasteiger charge is 2.06. The molecule has 2 heterocycles. The number of aryl methyl sites for hydroxylation is 1. The average Bonchev–Trinajstić information content (AvgIpc) is 2.64. The molecule has 0 N–H and O–H groups in total. The summed E-state index contributed by atoms with van der Waals surface area (Å²) in [4.78, 5) is 20.0. The maximum absolute atomic E-state index is 10.7. The molecule has 0 spiro atoms. The van der Waals surface area contributed by atoms with Crippen molar-refractivity contribution in [2.45, 2.75) is 6.92 Å². The first-order valence-electron chi connectivity index (χ1n) is 4.24. The van der Waals surface area contributed by atoms with Crippen LogP contribution < -0.4 is 0 Å². The molecular formula is C10H7BrN2OS. The predicted octanol–water partition coefficient (Wildman–Crippen LogP) is 3.09. The Labute approximate surface area is 99.3 Å². The molecule has 0 amide bonds. The molecule has 0 fully saturated rings. The van der Waals surface area contributed by atoms with Crippen molar-refractivity contribution < 1.29 is 4.79 Å². The van der Waals surface area contributed by atoms with Gasteiger partial charge in [0.25, 0.3) is 0 Å². The minimum absolute atomic E-state index is 0.419. The highest BCUT2D eigenvalue weighted by Crippen LogP contribution is 2.27. The van der Waals surface area contributed by atoms with E-state index in [0.717, 1.165) is 21.3 Å². The van der Waals surface area contributed by atoms with E-state index in [0.29, 0.717) is 11.5 Å². The molecule has 0 saturated carbocycles. The molecule has 0 bridgehead atoms. The van der Waals surface area contributed by atoms with Crippen LogP contribution in [0.15, 0.2) is 22.0 Å². The van der Waals surface area contributed by atoms with Crippen LogP contribution in [0.25, 0.3) is 10.7 Å². The molecule has 0 aliphatic rings. The van der Waals surface area contributed by atoms with E-state index in [9.17, 15) is 4.79 Å². The van der Waals surface area contributed by atoms with Crippen molar-refractivity contribution in [1.29, 1.82) is 0 Å². The summed E-state index contributed by atoms with van der Waals surface area (Å²) in [5.41, 5.74) is 1.22. The summed E-state index contributed by atoms with van der Waals surface area (Å²) >= 11 is 4.91. The highest BCUT2D eigenvalue weighted by atomic mass is 79.9. The zero-order valence-corrected chi connectivity index (χ0v) is 10.3. The van der Waals surface area contributed by atoms with Crippen LogP contribution in [0.2, 0.25) is 0 Å². The Hall–Kier alpha value is -1.07. The Morgan fingerprint density at radius 2 is 2.20 bits per heavy atom. The second-order valence-corrected chi connectivity index (χ2v) is 4.83. The van der Waals surface area contributed by atoms with E-state index >= 15 is 0 Å². The first kappa shape index (κ1) is 10.4. The summed E-state index contributed by atoms with van der Waals surface area (Å²) < 4.78 is 1.00. The van der Waals surface area contributed by atoms with Crippen LogP contribution in [0.5, 0.6) is 0 Å². The number of rotatable bonds is 2. The largest absolute Gasteiger partial charge is 0.296 e. The molecule has 0 atom stereocenters. The van der Waals surface area contributed by atoms with E-state index in [1.165, 1.54) is 0 Å². The SMILES string of the molecule is Cc1cc(C=O)nc(-c2cc(Br)cs2)n1. The van der Waals surface area contributed by atoms with Crippen LogP contribution in [-0.4, -0.2) is 16.3 Å². The lowest BCUT2D eigenvalue weighted by atomic mass is 10.3. The third kappa shape index (κ3) is 2.30. The molecule has 15 heavy (non-hydrogen) atoms. The molecule has 0 radical (unpaired) electrons. The quantitative estimate of drug-likeness (QED) is 0.795. The van der Waals surface area contributed by atoms with Gasteiger partial charge in [0.15, 0.2) is 12.1 Å². The Morgan fingerprint density at radius 1 is 1.40 bits per heavy atom. The lowest BCUT2D eigenvalue weighted by molar-refractivity contribution is 0.111. The third-order valence-corrected chi connectivity index (χ3v) is 3.47. The maximum Gasteiger partial charge on any atom is 0.170 e. The standard InChI is InChI=1S/C10H7BrN2OS/c1-6-2-8(4-14)13-10(12-6)9-3-7(11)5-15-9/h2-5H,1H3. The molecular weight excluding hydrogens is 276 g/mol. The van der Waals surface area contributed by atoms with E-state index in [-0.39, 0.29) is 0 Å². The Bertz CT molecular complexity index is 510. The first-order chi connectivity index (χ1) is 7.19. The number of halogens is 1. The predicted molar refractivity (Wildman–Crippen MR) is 63.2 cm³/mol. The monoisotopic (exact) mass is 282 g/mol. The van der Waals surface area contributed by atoms with Crippen molar-refractivity contribution in [1.82, 2.24) is 9.97 Å². The average molecular weight is 283 g/mol. The zero-order valence-electron chi connectivity index (χ0n) is 7.90. The summed E-state index contributed by atoms with van der Waals surface area (Å²) in [6, 6.07) is 3.60. The second-order valence-electron chi connectivity index (χ2n) is 3.00. The summed E-state index contributed by atoms with van der Waals surface area (Å²) in [6.45, 7) is 1.85. The van der Waals surface area contributed by atoms with E-state index < -0.39 is 0 Å². The van der Waals surface area contributed by atoms with Gasteiger partial charge in [-0.15, -0.1) is 11.3 Å². The number of aromatic nitrogens is 2. The van der Waals surface area contributed by atoms with E-state index in [1.807, 2.05) is 18.4 Å². The molecule has 2 aromatic heterocycles. The smallest absolute Gasteiger partial charge is 0.170 e. The van der Waals surface area contributed by atoms with Crippen molar-refractivity contribution in [2.24, 2.45) is 0 Å². The zero-order chi connectivity index (χ0) is 10.8. The van der Waals surface area contributed by atoms with Gasteiger partial charge in [0.2, 0.25) is 0 Å². The van der Waals surface area contributed by atoms with Crippen LogP contribution in [0.3, 0.4) is 0 Å². The fourth-order valence-corrected chi connectivity index (χ4v) is 2.55. The van der Waals surface area contributed by atoms with Gasteiger partial charge in [-0.2, -0.15) is 0 Å². The second kappa shape index (κ2) is 4.20. The topological polar surface area (TPSA) is 42.9 Å². The van der Waals surface area contributed by atoms with Crippen molar-refractivity contribution in [3.05, 3.63) is 33.4 Å². The minimum atomic E-state index is 0.419. The first-order valence-corrected chi connectivity index (χ1v) is 5.91. The highest BCUT2D eigenvalue weighted by molar-refractivity contribution is 9.10. The molecule has 76 valence electrons. The van der Waals surface area contributed by atoms with E-state index in [4.69, 9.17) is 0 Å². The van der Waals surface area contributed by atoms with Gasteiger partial charge in [0.1, 0.15) is 5.69 Å². The molecule has 2 rings (SSSR count). The number of hydrogen-bond acceptors (Lipinski definition) is 4. The van der Waals surface area contributed by atoms with Crippen molar-refractivity contribution >= 4 is 33.6 Å². The van der Waals surface area contributed by atoms with Gasteiger partial charge >= 0.3 is 0 Å². The molecule has 2 aromatic rings. The van der Waals surface area contributed by atoms with Crippen molar-refractivity contribution in [2.75, 3.05) is 0 Å². The number of aldehydes is 1. The van der Waals surface area contributed by atoms with Gasteiger partial charge < -0.3 is 0 Å². The fraction of sp³-hybridized carbons (Fsp3) is 0.100. The number of thiophene rings is 1. The van der Waals surface area contributed by atoms with E-state index in [2.05, 4.69) is 25.9 Å². The molecule has 3 nitrogen and oxygen atoms in total. The summed E-state index contributed by atoms with van der Waals surface area (Å²) in [5.74, 6) is 0.604. The van der Waals surface area contributed by atoms with Crippen molar-refractivity contribution in [3.63, 3.8) is 0 Å². The number of hydrogen-bond donors (Lipinski definition) is 0. The van der Waals surface area contributed by atoms with Gasteiger partial charge in [-0.1, -0.05) is 0 Å². The molecule has 0 aliphatic heterocycles. The minimum Gasteiger partial charge on any atom is -0.296 e. The normalized spacial score (nSPS) is 10.3. The van der Waals surface area contributed by atoms with Crippen molar-refractivity contribution in [3.8, 4) is 10.7 Å². The lowest BCUT2D eigenvalue weighted by Gasteiger charge is -1.99. The van der Waals surface area contributed by atoms with E-state index in [1.54, 1.807) is 17.4 Å². The Balaban J connectivity index is 2.52. The molecule has 0 unspecified atom stereocenters. The van der Waals surface area contributed by atoms with Crippen LogP contribution in [0.1, 0.15) is 16.2 Å². The van der Waals surface area contributed by atoms with Crippen LogP contribution >= 0.6 is 27.3 Å². The third-order valence-electron chi connectivity index (χ3n) is 1.78. The van der Waals surface area contributed by atoms with Gasteiger partial charge in [-0.25, -0.2) is 9.97 Å². The van der Waals surface area contributed by atoms with Crippen LogP contribution in [0.4, 0.5) is 0 Å². The molecule has 0 aromatic carbocycles. The summed E-state index contributed by atoms with van der Waals surface area (Å²) in [5, 5.41) is 1.96. The molecule has 0 saturated heterocycles. The van der Waals surface area contributed by atoms with Crippen LogP contribution in [-0.2, 0) is 0 Å². The summed E-state index contributed by atoms with van der Waals surface area (Å²) in [7, 11) is 0. The Kier molecular flexibility index (Phi) is 2.93. The van der Waals surface area contributed by atoms with Gasteiger partial charge in [-0.05, 0) is 35.0 Å². The Morgan fingerprint density at radius 3 is 2.80 bits per heavy atom.